The van der Waals surface area contributed by atoms with Gasteiger partial charge >= 0.3 is 0 Å². The number of hydrogen-bond acceptors (Lipinski definition) is 6. The quantitative estimate of drug-likeness (QED) is 0.0365. The number of amides is 4. The van der Waals surface area contributed by atoms with Crippen LogP contribution >= 0.6 is 23.4 Å². The number of H-pyrrole nitrogens is 3. The van der Waals surface area contributed by atoms with E-state index in [-0.39, 0.29) is 28.9 Å². The van der Waals surface area contributed by atoms with E-state index in [1.165, 1.54) is 17.4 Å². The van der Waals surface area contributed by atoms with Gasteiger partial charge in [0.15, 0.2) is 0 Å². The fraction of sp³-hybridized carbons (Fsp3) is 0.233. The highest BCUT2D eigenvalue weighted by Gasteiger charge is 2.22. The van der Waals surface area contributed by atoms with Gasteiger partial charge in [-0.1, -0.05) is 0 Å². The summed E-state index contributed by atoms with van der Waals surface area (Å²) in [6.07, 6.45) is 4.53. The number of aromatic nitrogens is 3. The third-order valence-electron chi connectivity index (χ3n) is 7.15. The number of carbonyl (C=O) groups excluding carboxylic acids is 4. The van der Waals surface area contributed by atoms with Gasteiger partial charge in [-0.3, -0.25) is 35.0 Å². The van der Waals surface area contributed by atoms with Crippen molar-refractivity contribution in [1.82, 2.24) is 25.4 Å². The van der Waals surface area contributed by atoms with Gasteiger partial charge < -0.3 is 36.6 Å². The Bertz CT molecular complexity index is 1780. The molecule has 14 nitrogen and oxygen atoms in total. The SMILES string of the molecule is CCN(NC(=O)c1[nH]cc(NC(=O)c2[nH]cc(NC(=O)c3[nH]cc(NC(=O)c4ccc(SCCCl)cc4)c3C)c2C)c1C)C(=N)N. The number of halogens is 1. The number of carbonyl (C=O) groups is 4. The minimum Gasteiger partial charge on any atom is -0.369 e. The zero-order valence-electron chi connectivity index (χ0n) is 25.6. The Hall–Kier alpha value is -5.15. The summed E-state index contributed by atoms with van der Waals surface area (Å²) in [4.78, 5) is 61.4. The van der Waals surface area contributed by atoms with Crippen molar-refractivity contribution in [2.45, 2.75) is 32.6 Å². The number of nitrogens with two attached hydrogens (primary N) is 1. The van der Waals surface area contributed by atoms with Crippen LogP contribution in [0.5, 0.6) is 0 Å². The molecule has 16 heteroatoms. The van der Waals surface area contributed by atoms with Crippen molar-refractivity contribution < 1.29 is 19.2 Å². The molecule has 0 unspecified atom stereocenters. The van der Waals surface area contributed by atoms with Crippen molar-refractivity contribution in [3.05, 3.63) is 82.2 Å². The lowest BCUT2D eigenvalue weighted by molar-refractivity contribution is 0.0865. The van der Waals surface area contributed by atoms with Gasteiger partial charge in [0.1, 0.15) is 17.1 Å². The van der Waals surface area contributed by atoms with Crippen molar-refractivity contribution >= 4 is 70.0 Å². The number of alkyl halides is 1. The van der Waals surface area contributed by atoms with Crippen LogP contribution in [0.25, 0.3) is 0 Å². The molecule has 4 rings (SSSR count). The summed E-state index contributed by atoms with van der Waals surface area (Å²) in [6.45, 7) is 7.07. The molecule has 1 aromatic carbocycles. The van der Waals surface area contributed by atoms with Crippen molar-refractivity contribution in [3.8, 4) is 0 Å². The molecular formula is C30H35ClN10O4S. The molecule has 3 heterocycles. The summed E-state index contributed by atoms with van der Waals surface area (Å²) in [5.41, 5.74) is 11.8. The van der Waals surface area contributed by atoms with Gasteiger partial charge in [0.2, 0.25) is 5.96 Å². The van der Waals surface area contributed by atoms with E-state index in [0.717, 1.165) is 10.6 Å². The monoisotopic (exact) mass is 666 g/mol. The first-order valence-electron chi connectivity index (χ1n) is 14.1. The van der Waals surface area contributed by atoms with Crippen molar-refractivity contribution in [2.75, 3.05) is 34.1 Å². The van der Waals surface area contributed by atoms with E-state index in [2.05, 4.69) is 36.3 Å². The summed E-state index contributed by atoms with van der Waals surface area (Å²) >= 11 is 7.34. The molecule has 242 valence electrons. The Morgan fingerprint density at radius 2 is 1.22 bits per heavy atom. The molecule has 0 spiro atoms. The van der Waals surface area contributed by atoms with Gasteiger partial charge in [-0.15, -0.1) is 23.4 Å². The Balaban J connectivity index is 1.39. The predicted molar refractivity (Wildman–Crippen MR) is 180 cm³/mol. The van der Waals surface area contributed by atoms with E-state index in [9.17, 15) is 19.2 Å². The number of hydrazine groups is 1. The van der Waals surface area contributed by atoms with Gasteiger partial charge in [0.05, 0.1) is 17.1 Å². The zero-order valence-corrected chi connectivity index (χ0v) is 27.2. The molecular weight excluding hydrogens is 632 g/mol. The smallest absolute Gasteiger partial charge is 0.286 e. The largest absolute Gasteiger partial charge is 0.369 e. The summed E-state index contributed by atoms with van der Waals surface area (Å²) in [5, 5.41) is 17.1. The summed E-state index contributed by atoms with van der Waals surface area (Å²) in [6, 6.07) is 7.17. The summed E-state index contributed by atoms with van der Waals surface area (Å²) < 4.78 is 0. The number of benzene rings is 1. The van der Waals surface area contributed by atoms with Crippen LogP contribution in [-0.2, 0) is 0 Å². The van der Waals surface area contributed by atoms with Crippen LogP contribution in [0.15, 0.2) is 47.8 Å². The average Bonchev–Trinajstić information content (AvgIpc) is 3.71. The maximum Gasteiger partial charge on any atom is 0.286 e. The van der Waals surface area contributed by atoms with Gasteiger partial charge in [-0.25, -0.2) is 0 Å². The van der Waals surface area contributed by atoms with E-state index < -0.39 is 17.7 Å². The van der Waals surface area contributed by atoms with Gasteiger partial charge in [-0.05, 0) is 52.0 Å². The maximum absolute atomic E-state index is 13.2. The van der Waals surface area contributed by atoms with E-state index in [1.807, 2.05) is 12.1 Å². The number of rotatable bonds is 11. The van der Waals surface area contributed by atoms with Crippen LogP contribution in [0.2, 0.25) is 0 Å². The molecule has 0 bridgehead atoms. The normalized spacial score (nSPS) is 10.7. The van der Waals surface area contributed by atoms with Crippen LogP contribution in [0.1, 0.15) is 65.4 Å². The Kier molecular flexibility index (Phi) is 10.8. The maximum atomic E-state index is 13.2. The second-order valence-corrected chi connectivity index (χ2v) is 11.6. The fourth-order valence-electron chi connectivity index (χ4n) is 4.49. The standard InChI is InChI=1S/C30H35ClN10O4S/c1-5-41(30(32)33)40-29(45)25-17(4)22(14-36-25)39-28(44)24-16(3)21(13-35-24)38-27(43)23-15(2)20(12-34-23)37-26(42)18-6-8-19(9-7-18)46-11-10-31/h6-9,12-14,34-36H,5,10-11H2,1-4H3,(H3,32,33)(H,37,42)(H,38,43)(H,39,44)(H,40,45). The van der Waals surface area contributed by atoms with Crippen LogP contribution in [-0.4, -0.2) is 67.7 Å². The number of aromatic amines is 3. The number of guanidine groups is 1. The second-order valence-electron chi connectivity index (χ2n) is 10.1. The van der Waals surface area contributed by atoms with Gasteiger partial charge in [0.25, 0.3) is 23.6 Å². The lowest BCUT2D eigenvalue weighted by Crippen LogP contribution is -2.49. The molecule has 0 saturated carbocycles. The van der Waals surface area contributed by atoms with E-state index in [0.29, 0.717) is 51.7 Å². The third kappa shape index (κ3) is 7.55. The highest BCUT2D eigenvalue weighted by molar-refractivity contribution is 7.99. The Labute approximate surface area is 274 Å². The second kappa shape index (κ2) is 14.8. The Morgan fingerprint density at radius 3 is 1.63 bits per heavy atom. The minimum absolute atomic E-state index is 0.193. The van der Waals surface area contributed by atoms with Crippen molar-refractivity contribution in [3.63, 3.8) is 0 Å². The lowest BCUT2D eigenvalue weighted by Gasteiger charge is -2.21. The highest BCUT2D eigenvalue weighted by Crippen LogP contribution is 2.25. The van der Waals surface area contributed by atoms with Gasteiger partial charge in [-0.2, -0.15) is 0 Å². The molecule has 0 atom stereocenters. The molecule has 10 N–H and O–H groups in total. The number of thioether (sulfide) groups is 1. The molecule has 0 aliphatic heterocycles. The van der Waals surface area contributed by atoms with Crippen molar-refractivity contribution in [2.24, 2.45) is 5.73 Å². The molecule has 0 aliphatic rings. The van der Waals surface area contributed by atoms with Crippen LogP contribution < -0.4 is 27.1 Å². The molecule has 3 aromatic heterocycles. The highest BCUT2D eigenvalue weighted by atomic mass is 35.5. The molecule has 0 fully saturated rings. The first kappa shape index (κ1) is 33.7. The number of anilines is 3. The first-order valence-corrected chi connectivity index (χ1v) is 15.7. The topological polar surface area (TPSA) is 217 Å². The van der Waals surface area contributed by atoms with Crippen LogP contribution in [0.4, 0.5) is 17.1 Å². The molecule has 46 heavy (non-hydrogen) atoms. The lowest BCUT2D eigenvalue weighted by atomic mass is 10.2. The third-order valence-corrected chi connectivity index (χ3v) is 8.58. The van der Waals surface area contributed by atoms with Crippen LogP contribution in [0.3, 0.4) is 0 Å². The zero-order chi connectivity index (χ0) is 33.5. The molecule has 0 saturated heterocycles. The summed E-state index contributed by atoms with van der Waals surface area (Å²) in [7, 11) is 0. The van der Waals surface area contributed by atoms with E-state index >= 15 is 0 Å². The first-order chi connectivity index (χ1) is 21.9. The average molecular weight is 667 g/mol. The number of nitrogens with zero attached hydrogens (tertiary/aromatic N) is 1. The van der Waals surface area contributed by atoms with E-state index in [4.69, 9.17) is 22.7 Å². The number of hydrogen-bond donors (Lipinski definition) is 9. The summed E-state index contributed by atoms with van der Waals surface area (Å²) in [5.74, 6) is -0.789. The van der Waals surface area contributed by atoms with Crippen molar-refractivity contribution in [1.29, 1.82) is 5.41 Å². The Morgan fingerprint density at radius 1 is 0.783 bits per heavy atom. The number of nitrogens with one attached hydrogen (secondary N) is 8. The predicted octanol–water partition coefficient (Wildman–Crippen LogP) is 4.54. The molecule has 0 radical (unpaired) electrons. The molecule has 4 amide bonds. The van der Waals surface area contributed by atoms with Gasteiger partial charge in [0, 0.05) is 63.9 Å². The molecule has 0 aliphatic carbocycles. The minimum atomic E-state index is -0.523. The van der Waals surface area contributed by atoms with Crippen LogP contribution in [0, 0.1) is 26.2 Å². The van der Waals surface area contributed by atoms with E-state index in [1.54, 1.807) is 57.8 Å². The fourth-order valence-corrected chi connectivity index (χ4v) is 5.37. The molecule has 4 aromatic rings.